The maximum absolute atomic E-state index is 12.1. The van der Waals surface area contributed by atoms with E-state index in [1.807, 2.05) is 0 Å². The van der Waals surface area contributed by atoms with E-state index in [2.05, 4.69) is 5.32 Å². The Hall–Kier alpha value is -1.75. The first-order valence-electron chi connectivity index (χ1n) is 6.14. The van der Waals surface area contributed by atoms with Gasteiger partial charge in [0.15, 0.2) is 6.61 Å². The summed E-state index contributed by atoms with van der Waals surface area (Å²) in [5, 5.41) is 2.70. The lowest BCUT2D eigenvalue weighted by Crippen LogP contribution is -2.12. The van der Waals surface area contributed by atoms with Gasteiger partial charge >= 0.3 is 0 Å². The molecular formula is C15H10Cl3NO3. The second kappa shape index (κ2) is 7.49. The van der Waals surface area contributed by atoms with E-state index in [1.165, 1.54) is 0 Å². The summed E-state index contributed by atoms with van der Waals surface area (Å²) in [5.74, 6) is 0.0930. The first-order chi connectivity index (χ1) is 10.5. The van der Waals surface area contributed by atoms with Gasteiger partial charge in [0.25, 0.3) is 11.1 Å². The molecule has 2 rings (SSSR count). The van der Waals surface area contributed by atoms with Gasteiger partial charge in [0.05, 0.1) is 15.7 Å². The van der Waals surface area contributed by atoms with Crippen LogP contribution in [-0.4, -0.2) is 17.8 Å². The van der Waals surface area contributed by atoms with Crippen LogP contribution in [0.1, 0.15) is 10.4 Å². The number of carbonyl (C=O) groups is 2. The summed E-state index contributed by atoms with van der Waals surface area (Å²) in [7, 11) is 0. The van der Waals surface area contributed by atoms with E-state index in [0.717, 1.165) is 0 Å². The summed E-state index contributed by atoms with van der Waals surface area (Å²) in [5.41, 5.74) is 0.827. The van der Waals surface area contributed by atoms with Crippen LogP contribution in [0, 0.1) is 0 Å². The predicted molar refractivity (Wildman–Crippen MR) is 87.2 cm³/mol. The highest BCUT2D eigenvalue weighted by molar-refractivity contribution is 6.63. The molecule has 7 heteroatoms. The highest BCUT2D eigenvalue weighted by Crippen LogP contribution is 2.29. The monoisotopic (exact) mass is 357 g/mol. The minimum absolute atomic E-state index is 0.231. The Morgan fingerprint density at radius 3 is 2.36 bits per heavy atom. The Bertz CT molecular complexity index is 702. The Morgan fingerprint density at radius 2 is 1.73 bits per heavy atom. The standard InChI is InChI=1S/C15H10Cl3NO3/c16-11-2-1-3-12(14(11)18)19-15(21)9-4-6-10(7-5-9)22-8-13(17)20/h1-7H,8H2,(H,19,21). The van der Waals surface area contributed by atoms with Gasteiger partial charge in [0, 0.05) is 5.56 Å². The third kappa shape index (κ3) is 4.37. The number of ether oxygens (including phenoxy) is 1. The lowest BCUT2D eigenvalue weighted by Gasteiger charge is -2.09. The van der Waals surface area contributed by atoms with Crippen LogP contribution in [0.3, 0.4) is 0 Å². The molecule has 0 spiro atoms. The maximum Gasteiger partial charge on any atom is 0.259 e. The van der Waals surface area contributed by atoms with E-state index in [9.17, 15) is 9.59 Å². The zero-order valence-corrected chi connectivity index (χ0v) is 13.4. The molecule has 0 saturated heterocycles. The molecule has 1 amide bonds. The molecule has 0 saturated carbocycles. The number of benzene rings is 2. The van der Waals surface area contributed by atoms with Gasteiger partial charge in [-0.15, -0.1) is 0 Å². The van der Waals surface area contributed by atoms with Crippen LogP contribution < -0.4 is 10.1 Å². The van der Waals surface area contributed by atoms with Crippen molar-refractivity contribution < 1.29 is 14.3 Å². The molecule has 0 radical (unpaired) electrons. The summed E-state index contributed by atoms with van der Waals surface area (Å²) < 4.78 is 5.10. The summed E-state index contributed by atoms with van der Waals surface area (Å²) in [6, 6.07) is 11.2. The average Bonchev–Trinajstić information content (AvgIpc) is 2.50. The third-order valence-corrected chi connectivity index (χ3v) is 3.60. The molecule has 0 atom stereocenters. The van der Waals surface area contributed by atoms with Crippen molar-refractivity contribution in [2.75, 3.05) is 11.9 Å². The topological polar surface area (TPSA) is 55.4 Å². The van der Waals surface area contributed by atoms with Crippen molar-refractivity contribution in [3.8, 4) is 5.75 Å². The summed E-state index contributed by atoms with van der Waals surface area (Å²) >= 11 is 17.1. The van der Waals surface area contributed by atoms with Gasteiger partial charge in [-0.2, -0.15) is 0 Å². The number of hydrogen-bond acceptors (Lipinski definition) is 3. The Morgan fingerprint density at radius 1 is 1.05 bits per heavy atom. The van der Waals surface area contributed by atoms with Gasteiger partial charge in [-0.1, -0.05) is 29.3 Å². The van der Waals surface area contributed by atoms with Crippen LogP contribution in [0.5, 0.6) is 5.75 Å². The fourth-order valence-electron chi connectivity index (χ4n) is 1.64. The largest absolute Gasteiger partial charge is 0.484 e. The van der Waals surface area contributed by atoms with Crippen molar-refractivity contribution in [3.63, 3.8) is 0 Å². The minimum Gasteiger partial charge on any atom is -0.484 e. The molecular weight excluding hydrogens is 349 g/mol. The molecule has 0 aliphatic rings. The summed E-state index contributed by atoms with van der Waals surface area (Å²) in [6.45, 7) is -0.231. The van der Waals surface area contributed by atoms with Gasteiger partial charge in [-0.05, 0) is 48.0 Å². The van der Waals surface area contributed by atoms with E-state index < -0.39 is 5.24 Å². The molecule has 0 fully saturated rings. The molecule has 0 aliphatic carbocycles. The SMILES string of the molecule is O=C(Cl)COc1ccc(C(=O)Nc2cccc(Cl)c2Cl)cc1. The molecule has 2 aromatic carbocycles. The van der Waals surface area contributed by atoms with Crippen LogP contribution in [0.4, 0.5) is 5.69 Å². The molecule has 114 valence electrons. The fraction of sp³-hybridized carbons (Fsp3) is 0.0667. The second-order valence-corrected chi connectivity index (χ2v) is 5.43. The highest BCUT2D eigenvalue weighted by Gasteiger charge is 2.10. The highest BCUT2D eigenvalue weighted by atomic mass is 35.5. The van der Waals surface area contributed by atoms with Gasteiger partial charge in [-0.3, -0.25) is 9.59 Å². The number of amides is 1. The van der Waals surface area contributed by atoms with E-state index in [0.29, 0.717) is 22.0 Å². The van der Waals surface area contributed by atoms with Crippen molar-refractivity contribution in [2.45, 2.75) is 0 Å². The van der Waals surface area contributed by atoms with Crippen molar-refractivity contribution in [1.29, 1.82) is 0 Å². The number of halogens is 3. The molecule has 22 heavy (non-hydrogen) atoms. The molecule has 1 N–H and O–H groups in total. The number of nitrogens with one attached hydrogen (secondary N) is 1. The van der Waals surface area contributed by atoms with Gasteiger partial charge in [0.2, 0.25) is 0 Å². The van der Waals surface area contributed by atoms with E-state index in [-0.39, 0.29) is 17.5 Å². The quantitative estimate of drug-likeness (QED) is 0.807. The number of anilines is 1. The van der Waals surface area contributed by atoms with Gasteiger partial charge < -0.3 is 10.1 Å². The molecule has 0 heterocycles. The minimum atomic E-state index is -0.600. The van der Waals surface area contributed by atoms with Crippen LogP contribution in [0.25, 0.3) is 0 Å². The zero-order chi connectivity index (χ0) is 16.1. The van der Waals surface area contributed by atoms with E-state index in [4.69, 9.17) is 39.5 Å². The zero-order valence-electron chi connectivity index (χ0n) is 11.1. The lowest BCUT2D eigenvalue weighted by atomic mass is 10.2. The Labute approximate surface area is 141 Å². The molecule has 0 bridgehead atoms. The van der Waals surface area contributed by atoms with Gasteiger partial charge in [-0.25, -0.2) is 0 Å². The van der Waals surface area contributed by atoms with Crippen molar-refractivity contribution in [2.24, 2.45) is 0 Å². The number of hydrogen-bond donors (Lipinski definition) is 1. The van der Waals surface area contributed by atoms with E-state index in [1.54, 1.807) is 42.5 Å². The molecule has 0 aliphatic heterocycles. The molecule has 0 aromatic heterocycles. The van der Waals surface area contributed by atoms with Crippen LogP contribution in [0.15, 0.2) is 42.5 Å². The van der Waals surface area contributed by atoms with E-state index >= 15 is 0 Å². The van der Waals surface area contributed by atoms with Crippen molar-refractivity contribution in [1.82, 2.24) is 0 Å². The third-order valence-electron chi connectivity index (χ3n) is 2.67. The lowest BCUT2D eigenvalue weighted by molar-refractivity contribution is -0.113. The first kappa shape index (κ1) is 16.6. The normalized spacial score (nSPS) is 10.1. The van der Waals surface area contributed by atoms with Crippen LogP contribution >= 0.6 is 34.8 Å². The summed E-state index contributed by atoms with van der Waals surface area (Å²) in [4.78, 5) is 22.7. The van der Waals surface area contributed by atoms with Gasteiger partial charge in [0.1, 0.15) is 5.75 Å². The smallest absolute Gasteiger partial charge is 0.259 e. The number of carbonyl (C=O) groups excluding carboxylic acids is 2. The Kier molecular flexibility index (Phi) is 5.66. The summed E-state index contributed by atoms with van der Waals surface area (Å²) in [6.07, 6.45) is 0. The van der Waals surface area contributed by atoms with Crippen molar-refractivity contribution in [3.05, 3.63) is 58.1 Å². The van der Waals surface area contributed by atoms with Crippen LogP contribution in [0.2, 0.25) is 10.0 Å². The molecule has 4 nitrogen and oxygen atoms in total. The average molecular weight is 359 g/mol. The molecule has 0 unspecified atom stereocenters. The molecule has 2 aromatic rings. The Balaban J connectivity index is 2.06. The fourth-order valence-corrected chi connectivity index (χ4v) is 2.04. The maximum atomic E-state index is 12.1. The second-order valence-electron chi connectivity index (χ2n) is 4.22. The van der Waals surface area contributed by atoms with Crippen molar-refractivity contribution >= 4 is 51.6 Å². The number of rotatable bonds is 5. The predicted octanol–water partition coefficient (Wildman–Crippen LogP) is 4.39. The first-order valence-corrected chi connectivity index (χ1v) is 7.27. The van der Waals surface area contributed by atoms with Crippen LogP contribution in [-0.2, 0) is 4.79 Å².